The first-order chi connectivity index (χ1) is 15.2. The lowest BCUT2D eigenvalue weighted by atomic mass is 9.72. The highest BCUT2D eigenvalue weighted by Gasteiger charge is 2.44. The summed E-state index contributed by atoms with van der Waals surface area (Å²) in [6, 6.07) is 17.8. The van der Waals surface area contributed by atoms with Crippen molar-refractivity contribution in [1.82, 2.24) is 10.2 Å². The van der Waals surface area contributed by atoms with Gasteiger partial charge in [-0.05, 0) is 63.3 Å². The van der Waals surface area contributed by atoms with Crippen LogP contribution in [0.5, 0.6) is 5.75 Å². The van der Waals surface area contributed by atoms with E-state index in [0.717, 1.165) is 23.3 Å². The average molecular weight is 439 g/mol. The van der Waals surface area contributed by atoms with Crippen LogP contribution in [0, 0.1) is 0 Å². The summed E-state index contributed by atoms with van der Waals surface area (Å²) in [5.74, 6) is 0.832. The molecule has 1 heterocycles. The van der Waals surface area contributed by atoms with Crippen LogP contribution < -0.4 is 10.1 Å². The Morgan fingerprint density at radius 1 is 1.00 bits per heavy atom. The third kappa shape index (κ3) is 5.81. The summed E-state index contributed by atoms with van der Waals surface area (Å²) in [5, 5.41) is 3.15. The zero-order valence-corrected chi connectivity index (χ0v) is 19.5. The van der Waals surface area contributed by atoms with E-state index in [4.69, 9.17) is 9.47 Å². The Morgan fingerprint density at radius 2 is 1.62 bits per heavy atom. The predicted molar refractivity (Wildman–Crippen MR) is 125 cm³/mol. The molecule has 1 aliphatic rings. The molecule has 32 heavy (non-hydrogen) atoms. The fraction of sp³-hybridized carbons (Fsp3) is 0.462. The number of benzene rings is 2. The quantitative estimate of drug-likeness (QED) is 0.729. The van der Waals surface area contributed by atoms with Gasteiger partial charge in [-0.1, -0.05) is 42.5 Å². The van der Waals surface area contributed by atoms with Crippen molar-refractivity contribution in [2.75, 3.05) is 26.7 Å². The third-order valence-electron chi connectivity index (χ3n) is 5.89. The molecule has 2 amide bonds. The van der Waals surface area contributed by atoms with Gasteiger partial charge in [0.15, 0.2) is 0 Å². The van der Waals surface area contributed by atoms with Crippen molar-refractivity contribution in [1.29, 1.82) is 0 Å². The van der Waals surface area contributed by atoms with E-state index in [1.807, 2.05) is 75.4 Å². The molecule has 0 unspecified atom stereocenters. The Balaban J connectivity index is 1.67. The lowest BCUT2D eigenvalue weighted by molar-refractivity contribution is -0.128. The molecule has 0 atom stereocenters. The highest BCUT2D eigenvalue weighted by Crippen LogP contribution is 2.36. The van der Waals surface area contributed by atoms with Gasteiger partial charge in [-0.2, -0.15) is 0 Å². The van der Waals surface area contributed by atoms with Crippen LogP contribution in [0.4, 0.5) is 4.79 Å². The van der Waals surface area contributed by atoms with Crippen molar-refractivity contribution >= 4 is 12.0 Å². The Kier molecular flexibility index (Phi) is 7.44. The largest absolute Gasteiger partial charge is 0.497 e. The van der Waals surface area contributed by atoms with E-state index in [1.54, 1.807) is 12.0 Å². The molecule has 1 fully saturated rings. The monoisotopic (exact) mass is 438 g/mol. The molecule has 6 heteroatoms. The molecule has 2 aromatic rings. The second kappa shape index (κ2) is 10.1. The maximum absolute atomic E-state index is 13.5. The zero-order chi connectivity index (χ0) is 23.2. The van der Waals surface area contributed by atoms with Crippen molar-refractivity contribution in [3.8, 4) is 5.75 Å². The van der Waals surface area contributed by atoms with E-state index >= 15 is 0 Å². The van der Waals surface area contributed by atoms with Crippen LogP contribution in [-0.4, -0.2) is 49.2 Å². The number of hydrogen-bond donors (Lipinski definition) is 1. The number of carbonyl (C=O) groups excluding carboxylic acids is 2. The number of nitrogens with one attached hydrogen (secondary N) is 1. The number of nitrogens with zero attached hydrogens (tertiary/aromatic N) is 1. The number of hydrogen-bond acceptors (Lipinski definition) is 4. The summed E-state index contributed by atoms with van der Waals surface area (Å²) in [7, 11) is 1.65. The molecular formula is C26H34N2O4. The summed E-state index contributed by atoms with van der Waals surface area (Å²) >= 11 is 0. The lowest BCUT2D eigenvalue weighted by Crippen LogP contribution is -2.53. The summed E-state index contributed by atoms with van der Waals surface area (Å²) in [5.41, 5.74) is 0.939. The van der Waals surface area contributed by atoms with Gasteiger partial charge in [-0.25, -0.2) is 4.79 Å². The van der Waals surface area contributed by atoms with Crippen LogP contribution in [-0.2, 0) is 21.4 Å². The minimum absolute atomic E-state index is 0.0149. The Labute approximate surface area is 190 Å². The van der Waals surface area contributed by atoms with Crippen LogP contribution >= 0.6 is 0 Å². The van der Waals surface area contributed by atoms with E-state index in [1.165, 1.54) is 0 Å². The fourth-order valence-corrected chi connectivity index (χ4v) is 4.08. The predicted octanol–water partition coefficient (Wildman–Crippen LogP) is 4.32. The van der Waals surface area contributed by atoms with Crippen molar-refractivity contribution in [3.05, 3.63) is 65.7 Å². The highest BCUT2D eigenvalue weighted by molar-refractivity contribution is 5.88. The van der Waals surface area contributed by atoms with Gasteiger partial charge in [0.1, 0.15) is 11.4 Å². The first-order valence-electron chi connectivity index (χ1n) is 11.2. The van der Waals surface area contributed by atoms with E-state index in [2.05, 4.69) is 5.32 Å². The van der Waals surface area contributed by atoms with Gasteiger partial charge in [0.25, 0.3) is 0 Å². The van der Waals surface area contributed by atoms with Crippen LogP contribution in [0.1, 0.15) is 44.7 Å². The van der Waals surface area contributed by atoms with Crippen LogP contribution in [0.15, 0.2) is 54.6 Å². The molecule has 0 bridgehead atoms. The normalized spacial score (nSPS) is 15.7. The molecule has 1 saturated heterocycles. The minimum atomic E-state index is -0.653. The zero-order valence-electron chi connectivity index (χ0n) is 19.5. The SMILES string of the molecule is COc1ccc(CCNC(=O)C2(c3ccccc3)CCN(C(=O)OC(C)(C)C)CC2)cc1. The second-order valence-electron chi connectivity index (χ2n) is 9.27. The molecule has 2 aromatic carbocycles. The maximum atomic E-state index is 13.5. The molecule has 0 radical (unpaired) electrons. The molecule has 6 nitrogen and oxygen atoms in total. The number of carbonyl (C=O) groups is 2. The molecule has 1 aliphatic heterocycles. The Bertz CT molecular complexity index is 896. The molecule has 1 N–H and O–H groups in total. The minimum Gasteiger partial charge on any atom is -0.497 e. The summed E-state index contributed by atoms with van der Waals surface area (Å²) < 4.78 is 10.7. The molecule has 3 rings (SSSR count). The first kappa shape index (κ1) is 23.6. The number of rotatable bonds is 6. The Morgan fingerprint density at radius 3 is 2.19 bits per heavy atom. The van der Waals surface area contributed by atoms with E-state index in [-0.39, 0.29) is 12.0 Å². The van der Waals surface area contributed by atoms with Crippen molar-refractivity contribution in [2.45, 2.75) is 51.0 Å². The number of ether oxygens (including phenoxy) is 2. The number of likely N-dealkylation sites (tertiary alicyclic amines) is 1. The number of amides is 2. The van der Waals surface area contributed by atoms with Gasteiger partial charge in [0.05, 0.1) is 12.5 Å². The fourth-order valence-electron chi connectivity index (χ4n) is 4.08. The van der Waals surface area contributed by atoms with Crippen LogP contribution in [0.25, 0.3) is 0 Å². The standard InChI is InChI=1S/C26H34N2O4/c1-25(2,3)32-24(30)28-18-15-26(16-19-28,21-8-6-5-7-9-21)23(29)27-17-14-20-10-12-22(31-4)13-11-20/h5-13H,14-19H2,1-4H3,(H,27,29). The first-order valence-corrected chi connectivity index (χ1v) is 11.2. The summed E-state index contributed by atoms with van der Waals surface area (Å²) in [4.78, 5) is 27.7. The van der Waals surface area contributed by atoms with E-state index < -0.39 is 11.0 Å². The van der Waals surface area contributed by atoms with Gasteiger partial charge < -0.3 is 19.7 Å². The second-order valence-corrected chi connectivity index (χ2v) is 9.27. The number of piperidine rings is 1. The molecule has 172 valence electrons. The smallest absolute Gasteiger partial charge is 0.410 e. The van der Waals surface area contributed by atoms with Gasteiger partial charge >= 0.3 is 6.09 Å². The van der Waals surface area contributed by atoms with E-state index in [0.29, 0.717) is 32.5 Å². The van der Waals surface area contributed by atoms with Crippen LogP contribution in [0.3, 0.4) is 0 Å². The van der Waals surface area contributed by atoms with Gasteiger partial charge in [0, 0.05) is 19.6 Å². The lowest BCUT2D eigenvalue weighted by Gasteiger charge is -2.41. The maximum Gasteiger partial charge on any atom is 0.410 e. The topological polar surface area (TPSA) is 67.9 Å². The molecule has 0 spiro atoms. The summed E-state index contributed by atoms with van der Waals surface area (Å²) in [6.45, 7) is 7.10. The van der Waals surface area contributed by atoms with E-state index in [9.17, 15) is 9.59 Å². The van der Waals surface area contributed by atoms with Crippen molar-refractivity contribution in [2.24, 2.45) is 0 Å². The van der Waals surface area contributed by atoms with Crippen molar-refractivity contribution < 1.29 is 19.1 Å². The van der Waals surface area contributed by atoms with Gasteiger partial charge in [-0.15, -0.1) is 0 Å². The van der Waals surface area contributed by atoms with Gasteiger partial charge in [0.2, 0.25) is 5.91 Å². The average Bonchev–Trinajstić information content (AvgIpc) is 2.79. The van der Waals surface area contributed by atoms with Crippen molar-refractivity contribution in [3.63, 3.8) is 0 Å². The molecular weight excluding hydrogens is 404 g/mol. The Hall–Kier alpha value is -3.02. The number of methoxy groups -OCH3 is 1. The third-order valence-corrected chi connectivity index (χ3v) is 5.89. The molecule has 0 aliphatic carbocycles. The van der Waals surface area contributed by atoms with Gasteiger partial charge in [-0.3, -0.25) is 4.79 Å². The molecule has 0 saturated carbocycles. The molecule has 0 aromatic heterocycles. The van der Waals surface area contributed by atoms with Crippen LogP contribution in [0.2, 0.25) is 0 Å². The highest BCUT2D eigenvalue weighted by atomic mass is 16.6. The summed E-state index contributed by atoms with van der Waals surface area (Å²) in [6.07, 6.45) is 1.54.